The van der Waals surface area contributed by atoms with E-state index in [1.807, 2.05) is 32.1 Å². The summed E-state index contributed by atoms with van der Waals surface area (Å²) in [6.07, 6.45) is 8.11. The number of carbonyl (C=O) groups is 1. The fourth-order valence-electron chi connectivity index (χ4n) is 7.41. The molecule has 7 atom stereocenters. The Labute approximate surface area is 254 Å². The van der Waals surface area contributed by atoms with Gasteiger partial charge in [-0.1, -0.05) is 43.7 Å². The Kier molecular flexibility index (Phi) is 7.86. The molecule has 2 heterocycles. The number of ether oxygens (including phenoxy) is 1. The average Bonchev–Trinajstić information content (AvgIpc) is 3.09. The first-order valence-electron chi connectivity index (χ1n) is 15.2. The second-order valence-electron chi connectivity index (χ2n) is 13.1. The topological polar surface area (TPSA) is 95.9 Å². The lowest BCUT2D eigenvalue weighted by molar-refractivity contribution is 0.0454. The van der Waals surface area contributed by atoms with Gasteiger partial charge < -0.3 is 14.7 Å². The fourth-order valence-corrected chi connectivity index (χ4v) is 8.98. The van der Waals surface area contributed by atoms with Gasteiger partial charge in [0.1, 0.15) is 5.75 Å². The highest BCUT2D eigenvalue weighted by Crippen LogP contribution is 2.46. The van der Waals surface area contributed by atoms with Crippen molar-refractivity contribution < 1.29 is 23.1 Å². The molecule has 1 spiro atoms. The van der Waals surface area contributed by atoms with Gasteiger partial charge in [0, 0.05) is 29.1 Å². The standard InChI is InChI=1S/C33H41ClN2O5S/c1-20-6-12-30(37)27-10-7-25(27)17-36-18-33(14-4-5-23-15-26(34)9-11-28(23)33)19-41-31-13-8-24(16-29(31)36)32(38)35-42(39,40)22(3)21(20)2/h6,8-9,11-13,15-16,20-22,25,27,30,37H,4-5,7,10,14,17-19H2,1-3H3,(H,35,38)/b12-6+/t20-,21+,22-,25+,27-,30-,33+/m1/s1. The van der Waals surface area contributed by atoms with Gasteiger partial charge in [-0.05, 0) is 104 Å². The van der Waals surface area contributed by atoms with Crippen LogP contribution in [0.4, 0.5) is 5.69 Å². The molecule has 0 unspecified atom stereocenters. The summed E-state index contributed by atoms with van der Waals surface area (Å²) in [5.74, 6) is 0.0790. The molecule has 1 fully saturated rings. The minimum Gasteiger partial charge on any atom is -0.490 e. The molecule has 7 nitrogen and oxygen atoms in total. The SMILES string of the molecule is C[C@H]1[C@H](C)/C=C/[C@@H](O)[C@@H]2CC[C@H]2CN2C[C@@]3(CCCc4cc(Cl)ccc43)COc3ccc(cc32)C(=O)NS(=O)(=O)[C@@H]1C. The lowest BCUT2D eigenvalue weighted by atomic mass is 9.68. The molecule has 4 aliphatic rings. The molecule has 9 heteroatoms. The number of nitrogens with one attached hydrogen (secondary N) is 1. The number of carbonyl (C=O) groups excluding carboxylic acids is 1. The molecule has 1 amide bonds. The average molecular weight is 613 g/mol. The normalized spacial score (nSPS) is 35.1. The lowest BCUT2D eigenvalue weighted by Gasteiger charge is -2.45. The molecule has 2 aliphatic carbocycles. The number of allylic oxidation sites excluding steroid dienone is 1. The summed E-state index contributed by atoms with van der Waals surface area (Å²) >= 11 is 6.39. The Bertz CT molecular complexity index is 1510. The molecule has 0 aromatic heterocycles. The predicted octanol–water partition coefficient (Wildman–Crippen LogP) is 5.49. The fraction of sp³-hybridized carbons (Fsp3) is 0.545. The number of aliphatic hydroxyl groups is 1. The number of amides is 1. The Morgan fingerprint density at radius 1 is 1.10 bits per heavy atom. The van der Waals surface area contributed by atoms with E-state index in [2.05, 4.69) is 21.8 Å². The van der Waals surface area contributed by atoms with Crippen molar-refractivity contribution in [1.82, 2.24) is 4.72 Å². The number of hydrogen-bond acceptors (Lipinski definition) is 6. The van der Waals surface area contributed by atoms with Crippen LogP contribution in [-0.2, 0) is 21.9 Å². The van der Waals surface area contributed by atoms with E-state index in [1.165, 1.54) is 11.1 Å². The van der Waals surface area contributed by atoms with Crippen LogP contribution in [0.25, 0.3) is 0 Å². The van der Waals surface area contributed by atoms with E-state index >= 15 is 0 Å². The third kappa shape index (κ3) is 5.35. The van der Waals surface area contributed by atoms with Gasteiger partial charge in [-0.15, -0.1) is 0 Å². The number of nitrogens with zero attached hydrogens (tertiary/aromatic N) is 1. The van der Waals surface area contributed by atoms with Crippen molar-refractivity contribution in [2.75, 3.05) is 24.6 Å². The van der Waals surface area contributed by atoms with Crippen LogP contribution in [-0.4, -0.2) is 50.5 Å². The molecule has 2 aliphatic heterocycles. The van der Waals surface area contributed by atoms with Gasteiger partial charge >= 0.3 is 0 Å². The molecule has 6 rings (SSSR count). The number of aryl methyl sites for hydroxylation is 1. The minimum atomic E-state index is -3.94. The lowest BCUT2D eigenvalue weighted by Crippen LogP contribution is -2.49. The number of sulfonamides is 1. The zero-order valence-electron chi connectivity index (χ0n) is 24.6. The highest BCUT2D eigenvalue weighted by Gasteiger charge is 2.44. The van der Waals surface area contributed by atoms with E-state index in [0.717, 1.165) is 42.8 Å². The number of benzene rings is 2. The first kappa shape index (κ1) is 29.5. The van der Waals surface area contributed by atoms with Gasteiger partial charge in [-0.2, -0.15) is 0 Å². The molecule has 2 N–H and O–H groups in total. The van der Waals surface area contributed by atoms with Gasteiger partial charge in [0.2, 0.25) is 10.0 Å². The molecular weight excluding hydrogens is 572 g/mol. The maximum atomic E-state index is 13.4. The highest BCUT2D eigenvalue weighted by molar-refractivity contribution is 7.90. The van der Waals surface area contributed by atoms with Gasteiger partial charge in [-0.3, -0.25) is 4.79 Å². The number of fused-ring (bicyclic) bond motifs is 4. The number of hydrogen-bond donors (Lipinski definition) is 2. The third-order valence-electron chi connectivity index (χ3n) is 10.6. The first-order chi connectivity index (χ1) is 20.0. The zero-order chi connectivity index (χ0) is 29.8. The van der Waals surface area contributed by atoms with Gasteiger partial charge in [0.25, 0.3) is 5.91 Å². The van der Waals surface area contributed by atoms with E-state index in [0.29, 0.717) is 25.4 Å². The monoisotopic (exact) mass is 612 g/mol. The molecule has 1 saturated carbocycles. The van der Waals surface area contributed by atoms with Crippen LogP contribution in [0.5, 0.6) is 5.75 Å². The molecule has 2 aromatic rings. The predicted molar refractivity (Wildman–Crippen MR) is 166 cm³/mol. The summed E-state index contributed by atoms with van der Waals surface area (Å²) in [4.78, 5) is 15.7. The van der Waals surface area contributed by atoms with Gasteiger partial charge in [0.15, 0.2) is 0 Å². The minimum absolute atomic E-state index is 0.0962. The van der Waals surface area contributed by atoms with Crippen LogP contribution in [0, 0.1) is 23.7 Å². The molecule has 0 radical (unpaired) electrons. The summed E-state index contributed by atoms with van der Waals surface area (Å²) in [5.41, 5.74) is 3.32. The maximum Gasteiger partial charge on any atom is 0.264 e. The summed E-state index contributed by atoms with van der Waals surface area (Å²) in [7, 11) is -3.94. The van der Waals surface area contributed by atoms with Crippen molar-refractivity contribution in [3.05, 3.63) is 70.3 Å². The van der Waals surface area contributed by atoms with E-state index in [4.69, 9.17) is 16.3 Å². The van der Waals surface area contributed by atoms with E-state index in [1.54, 1.807) is 25.1 Å². The van der Waals surface area contributed by atoms with Crippen molar-refractivity contribution in [3.8, 4) is 5.75 Å². The summed E-state index contributed by atoms with van der Waals surface area (Å²) < 4.78 is 35.4. The second kappa shape index (κ2) is 11.2. The Balaban J connectivity index is 1.43. The van der Waals surface area contributed by atoms with Crippen LogP contribution >= 0.6 is 11.6 Å². The number of halogens is 1. The van der Waals surface area contributed by atoms with Crippen molar-refractivity contribution >= 4 is 33.2 Å². The smallest absolute Gasteiger partial charge is 0.264 e. The first-order valence-corrected chi connectivity index (χ1v) is 17.1. The van der Waals surface area contributed by atoms with Crippen LogP contribution < -0.4 is 14.4 Å². The van der Waals surface area contributed by atoms with E-state index in [9.17, 15) is 18.3 Å². The molecule has 2 bridgehead atoms. The van der Waals surface area contributed by atoms with Crippen LogP contribution in [0.3, 0.4) is 0 Å². The number of aliphatic hydroxyl groups excluding tert-OH is 1. The molecule has 2 aromatic carbocycles. The largest absolute Gasteiger partial charge is 0.490 e. The van der Waals surface area contributed by atoms with Crippen molar-refractivity contribution in [2.45, 2.75) is 69.6 Å². The number of anilines is 1. The summed E-state index contributed by atoms with van der Waals surface area (Å²) in [6.45, 7) is 7.36. The number of rotatable bonds is 0. The van der Waals surface area contributed by atoms with Crippen molar-refractivity contribution in [3.63, 3.8) is 0 Å². The van der Waals surface area contributed by atoms with Crippen LogP contribution in [0.2, 0.25) is 5.02 Å². The Hall–Kier alpha value is -2.55. The van der Waals surface area contributed by atoms with Crippen molar-refractivity contribution in [1.29, 1.82) is 0 Å². The molecule has 226 valence electrons. The maximum absolute atomic E-state index is 13.4. The van der Waals surface area contributed by atoms with Gasteiger partial charge in [0.05, 0.1) is 23.6 Å². The quantitative estimate of drug-likeness (QED) is 0.382. The zero-order valence-corrected chi connectivity index (χ0v) is 26.1. The van der Waals surface area contributed by atoms with E-state index in [-0.39, 0.29) is 34.7 Å². The van der Waals surface area contributed by atoms with Crippen LogP contribution in [0.1, 0.15) is 67.9 Å². The Morgan fingerprint density at radius 3 is 2.67 bits per heavy atom. The van der Waals surface area contributed by atoms with Crippen LogP contribution in [0.15, 0.2) is 48.6 Å². The van der Waals surface area contributed by atoms with Crippen molar-refractivity contribution in [2.24, 2.45) is 23.7 Å². The molecular formula is C33H41ClN2O5S. The third-order valence-corrected chi connectivity index (χ3v) is 12.7. The summed E-state index contributed by atoms with van der Waals surface area (Å²) in [6, 6.07) is 11.4. The highest BCUT2D eigenvalue weighted by atomic mass is 35.5. The second-order valence-corrected chi connectivity index (χ2v) is 15.5. The molecule has 0 saturated heterocycles. The Morgan fingerprint density at radius 2 is 1.90 bits per heavy atom. The summed E-state index contributed by atoms with van der Waals surface area (Å²) in [5, 5.41) is 11.1. The molecule has 42 heavy (non-hydrogen) atoms. The van der Waals surface area contributed by atoms with E-state index < -0.39 is 27.3 Å². The van der Waals surface area contributed by atoms with Gasteiger partial charge in [-0.25, -0.2) is 13.1 Å².